The van der Waals surface area contributed by atoms with E-state index in [1.165, 1.54) is 11.3 Å². The number of carbonyl (C=O) groups excluding carboxylic acids is 1. The molecule has 1 aliphatic rings. The van der Waals surface area contributed by atoms with Crippen LogP contribution in [0.5, 0.6) is 0 Å². The van der Waals surface area contributed by atoms with Gasteiger partial charge >= 0.3 is 0 Å². The summed E-state index contributed by atoms with van der Waals surface area (Å²) in [5, 5.41) is 6.71. The van der Waals surface area contributed by atoms with Crippen LogP contribution in [0.1, 0.15) is 34.2 Å². The van der Waals surface area contributed by atoms with Gasteiger partial charge in [-0.25, -0.2) is 9.97 Å². The normalized spacial score (nSPS) is 17.4. The maximum Gasteiger partial charge on any atom is 0.273 e. The number of rotatable bonds is 4. The van der Waals surface area contributed by atoms with E-state index in [2.05, 4.69) is 25.1 Å². The lowest BCUT2D eigenvalue weighted by atomic mass is 9.94. The van der Waals surface area contributed by atoms with E-state index in [9.17, 15) is 4.79 Å². The number of piperidine rings is 1. The van der Waals surface area contributed by atoms with Gasteiger partial charge in [-0.3, -0.25) is 9.78 Å². The number of amides is 1. The summed E-state index contributed by atoms with van der Waals surface area (Å²) in [5.74, 6) is 1.30. The smallest absolute Gasteiger partial charge is 0.273 e. The molecule has 1 saturated heterocycles. The number of hydrogen-bond acceptors (Lipinski definition) is 8. The molecule has 3 aromatic rings. The molecule has 4 rings (SSSR count). The number of thiazole rings is 1. The molecule has 0 aliphatic carbocycles. The number of aromatic nitrogens is 5. The molecule has 9 heteroatoms. The van der Waals surface area contributed by atoms with E-state index in [1.807, 2.05) is 17.2 Å². The molecule has 0 N–H and O–H groups in total. The fourth-order valence-corrected chi connectivity index (χ4v) is 3.73. The first-order valence-corrected chi connectivity index (χ1v) is 9.37. The third-order valence-electron chi connectivity index (χ3n) is 4.37. The fourth-order valence-electron chi connectivity index (χ4n) is 3.14. The molecule has 4 heterocycles. The van der Waals surface area contributed by atoms with Crippen molar-refractivity contribution in [2.24, 2.45) is 5.92 Å². The van der Waals surface area contributed by atoms with Gasteiger partial charge in [-0.1, -0.05) is 5.16 Å². The molecule has 0 aromatic carbocycles. The highest BCUT2D eigenvalue weighted by Gasteiger charge is 2.27. The van der Waals surface area contributed by atoms with Crippen molar-refractivity contribution in [1.82, 2.24) is 30.0 Å². The average molecular weight is 370 g/mol. The summed E-state index contributed by atoms with van der Waals surface area (Å²) in [7, 11) is 0. The zero-order chi connectivity index (χ0) is 17.9. The van der Waals surface area contributed by atoms with Crippen LogP contribution in [-0.2, 0) is 6.42 Å². The SMILES string of the molecule is Cc1nc(C(=O)N2CCCC(Cc3nc(-c4cnccn4)no3)C2)cs1. The first-order valence-electron chi connectivity index (χ1n) is 8.49. The second kappa shape index (κ2) is 7.28. The molecular weight excluding hydrogens is 352 g/mol. The lowest BCUT2D eigenvalue weighted by molar-refractivity contribution is 0.0663. The predicted octanol–water partition coefficient (Wildman–Crippen LogP) is 2.39. The number of likely N-dealkylation sites (tertiary alicyclic amines) is 1. The van der Waals surface area contributed by atoms with Crippen LogP contribution >= 0.6 is 11.3 Å². The first kappa shape index (κ1) is 16.8. The van der Waals surface area contributed by atoms with Crippen LogP contribution in [0.4, 0.5) is 0 Å². The van der Waals surface area contributed by atoms with Gasteiger partial charge in [-0.05, 0) is 25.7 Å². The Bertz CT molecular complexity index is 894. The Balaban J connectivity index is 1.41. The van der Waals surface area contributed by atoms with Gasteiger partial charge in [0.05, 0.1) is 11.2 Å². The highest BCUT2D eigenvalue weighted by atomic mass is 32.1. The zero-order valence-electron chi connectivity index (χ0n) is 14.3. The zero-order valence-corrected chi connectivity index (χ0v) is 15.1. The molecule has 134 valence electrons. The Morgan fingerprint density at radius 1 is 1.38 bits per heavy atom. The summed E-state index contributed by atoms with van der Waals surface area (Å²) in [4.78, 5) is 31.4. The lowest BCUT2D eigenvalue weighted by Gasteiger charge is -2.31. The minimum Gasteiger partial charge on any atom is -0.339 e. The molecule has 1 atom stereocenters. The van der Waals surface area contributed by atoms with Crippen molar-refractivity contribution in [2.75, 3.05) is 13.1 Å². The maximum atomic E-state index is 12.6. The Morgan fingerprint density at radius 2 is 2.31 bits per heavy atom. The quantitative estimate of drug-likeness (QED) is 0.695. The number of carbonyl (C=O) groups is 1. The minimum atomic E-state index is 0.00447. The van der Waals surface area contributed by atoms with Crippen LogP contribution in [-0.4, -0.2) is 49.0 Å². The third kappa shape index (κ3) is 3.62. The number of aryl methyl sites for hydroxylation is 1. The average Bonchev–Trinajstić information content (AvgIpc) is 3.31. The van der Waals surface area contributed by atoms with Gasteiger partial charge in [0.15, 0.2) is 0 Å². The fraction of sp³-hybridized carbons (Fsp3) is 0.412. The standard InChI is InChI=1S/C17H18N6O2S/c1-11-20-14(10-26-11)17(24)23-6-2-3-12(9-23)7-15-21-16(22-25-15)13-8-18-4-5-19-13/h4-5,8,10,12H,2-3,6-7,9H2,1H3. The van der Waals surface area contributed by atoms with Crippen LogP contribution in [0, 0.1) is 12.8 Å². The number of hydrogen-bond donors (Lipinski definition) is 0. The van der Waals surface area contributed by atoms with Gasteiger partial charge in [0.2, 0.25) is 11.7 Å². The predicted molar refractivity (Wildman–Crippen MR) is 94.5 cm³/mol. The summed E-state index contributed by atoms with van der Waals surface area (Å²) in [5.41, 5.74) is 1.12. The van der Waals surface area contributed by atoms with E-state index < -0.39 is 0 Å². The maximum absolute atomic E-state index is 12.6. The van der Waals surface area contributed by atoms with Crippen molar-refractivity contribution in [3.63, 3.8) is 0 Å². The molecule has 0 saturated carbocycles. The van der Waals surface area contributed by atoms with Crippen molar-refractivity contribution in [2.45, 2.75) is 26.2 Å². The summed E-state index contributed by atoms with van der Waals surface area (Å²) < 4.78 is 5.36. The van der Waals surface area contributed by atoms with Crippen molar-refractivity contribution in [3.8, 4) is 11.5 Å². The molecule has 0 radical (unpaired) electrons. The van der Waals surface area contributed by atoms with Crippen LogP contribution in [0.3, 0.4) is 0 Å². The van der Waals surface area contributed by atoms with Gasteiger partial charge in [0, 0.05) is 37.3 Å². The molecular formula is C17H18N6O2S. The lowest BCUT2D eigenvalue weighted by Crippen LogP contribution is -2.40. The van der Waals surface area contributed by atoms with Crippen LogP contribution in [0.15, 0.2) is 28.5 Å². The van der Waals surface area contributed by atoms with Crippen molar-refractivity contribution in [3.05, 3.63) is 40.6 Å². The molecule has 0 bridgehead atoms. The van der Waals surface area contributed by atoms with E-state index in [1.54, 1.807) is 18.6 Å². The van der Waals surface area contributed by atoms with E-state index >= 15 is 0 Å². The molecule has 1 fully saturated rings. The monoisotopic (exact) mass is 370 g/mol. The second-order valence-electron chi connectivity index (χ2n) is 6.32. The molecule has 1 amide bonds. The van der Waals surface area contributed by atoms with Gasteiger partial charge in [0.1, 0.15) is 11.4 Å². The Labute approximate surface area is 154 Å². The van der Waals surface area contributed by atoms with Gasteiger partial charge < -0.3 is 9.42 Å². The van der Waals surface area contributed by atoms with Gasteiger partial charge in [0.25, 0.3) is 5.91 Å². The van der Waals surface area contributed by atoms with Crippen molar-refractivity contribution < 1.29 is 9.32 Å². The topological polar surface area (TPSA) is 97.9 Å². The summed E-state index contributed by atoms with van der Waals surface area (Å²) >= 11 is 1.50. The van der Waals surface area contributed by atoms with Gasteiger partial charge in [-0.15, -0.1) is 11.3 Å². The van der Waals surface area contributed by atoms with Crippen molar-refractivity contribution in [1.29, 1.82) is 0 Å². The van der Waals surface area contributed by atoms with Crippen LogP contribution in [0.2, 0.25) is 0 Å². The molecule has 8 nitrogen and oxygen atoms in total. The molecule has 1 aliphatic heterocycles. The molecule has 1 unspecified atom stereocenters. The molecule has 3 aromatic heterocycles. The number of nitrogens with zero attached hydrogens (tertiary/aromatic N) is 6. The second-order valence-corrected chi connectivity index (χ2v) is 7.38. The van der Waals surface area contributed by atoms with E-state index in [4.69, 9.17) is 4.52 Å². The Kier molecular flexibility index (Phi) is 4.70. The van der Waals surface area contributed by atoms with E-state index in [0.717, 1.165) is 24.4 Å². The van der Waals surface area contributed by atoms with Crippen LogP contribution < -0.4 is 0 Å². The highest BCUT2D eigenvalue weighted by molar-refractivity contribution is 7.09. The first-order chi connectivity index (χ1) is 12.7. The van der Waals surface area contributed by atoms with Crippen LogP contribution in [0.25, 0.3) is 11.5 Å². The largest absolute Gasteiger partial charge is 0.339 e. The van der Waals surface area contributed by atoms with E-state index in [0.29, 0.717) is 42.0 Å². The Morgan fingerprint density at radius 3 is 3.08 bits per heavy atom. The van der Waals surface area contributed by atoms with Gasteiger partial charge in [-0.2, -0.15) is 4.98 Å². The summed E-state index contributed by atoms with van der Waals surface area (Å²) in [6.07, 6.45) is 7.43. The highest BCUT2D eigenvalue weighted by Crippen LogP contribution is 2.23. The molecule has 26 heavy (non-hydrogen) atoms. The third-order valence-corrected chi connectivity index (χ3v) is 5.14. The molecule has 0 spiro atoms. The minimum absolute atomic E-state index is 0.00447. The Hall–Kier alpha value is -2.68. The summed E-state index contributed by atoms with van der Waals surface area (Å²) in [6.45, 7) is 3.35. The van der Waals surface area contributed by atoms with E-state index in [-0.39, 0.29) is 5.91 Å². The summed E-state index contributed by atoms with van der Waals surface area (Å²) in [6, 6.07) is 0. The van der Waals surface area contributed by atoms with Crippen molar-refractivity contribution >= 4 is 17.2 Å².